The summed E-state index contributed by atoms with van der Waals surface area (Å²) in [6, 6.07) is 7.29. The molecular weight excluding hydrogens is 307 g/mol. The van der Waals surface area contributed by atoms with Crippen LogP contribution >= 0.6 is 23.2 Å². The number of carbonyl (C=O) groups excluding carboxylic acids is 1. The third-order valence-corrected chi connectivity index (χ3v) is 4.76. The van der Waals surface area contributed by atoms with Gasteiger partial charge in [0.15, 0.2) is 0 Å². The SMILES string of the molecule is CC1CCN(C(=O)CC(C#N)c2ccc(Cl)c(Cl)c2)CC1. The quantitative estimate of drug-likeness (QED) is 0.834. The molecule has 0 radical (unpaired) electrons. The molecule has 5 heteroatoms. The van der Waals surface area contributed by atoms with Crippen molar-refractivity contribution in [2.45, 2.75) is 32.1 Å². The lowest BCUT2D eigenvalue weighted by atomic mass is 9.95. The van der Waals surface area contributed by atoms with Crippen LogP contribution in [0.25, 0.3) is 0 Å². The lowest BCUT2D eigenvalue weighted by Gasteiger charge is -2.30. The van der Waals surface area contributed by atoms with Gasteiger partial charge in [0.05, 0.1) is 22.0 Å². The molecule has 0 spiro atoms. The van der Waals surface area contributed by atoms with Gasteiger partial charge < -0.3 is 4.90 Å². The first-order chi connectivity index (χ1) is 10.0. The Balaban J connectivity index is 2.03. The van der Waals surface area contributed by atoms with E-state index < -0.39 is 5.92 Å². The largest absolute Gasteiger partial charge is 0.343 e. The van der Waals surface area contributed by atoms with Crippen LogP contribution in [0.15, 0.2) is 18.2 Å². The summed E-state index contributed by atoms with van der Waals surface area (Å²) in [6.45, 7) is 3.79. The van der Waals surface area contributed by atoms with Gasteiger partial charge in [-0.3, -0.25) is 4.79 Å². The van der Waals surface area contributed by atoms with Gasteiger partial charge in [0.2, 0.25) is 5.91 Å². The number of likely N-dealkylation sites (tertiary alicyclic amines) is 1. The van der Waals surface area contributed by atoms with E-state index in [4.69, 9.17) is 23.2 Å². The molecule has 1 aromatic rings. The number of benzene rings is 1. The second kappa shape index (κ2) is 7.15. The third-order valence-electron chi connectivity index (χ3n) is 4.02. The van der Waals surface area contributed by atoms with Crippen LogP contribution in [0.1, 0.15) is 37.7 Å². The number of hydrogen-bond donors (Lipinski definition) is 0. The van der Waals surface area contributed by atoms with E-state index in [1.54, 1.807) is 18.2 Å². The maximum absolute atomic E-state index is 12.3. The zero-order valence-electron chi connectivity index (χ0n) is 12.0. The summed E-state index contributed by atoms with van der Waals surface area (Å²) in [7, 11) is 0. The Kier molecular flexibility index (Phi) is 5.50. The van der Waals surface area contributed by atoms with E-state index in [2.05, 4.69) is 13.0 Å². The van der Waals surface area contributed by atoms with Gasteiger partial charge >= 0.3 is 0 Å². The van der Waals surface area contributed by atoms with Crippen molar-refractivity contribution in [2.24, 2.45) is 5.92 Å². The molecule has 1 amide bonds. The highest BCUT2D eigenvalue weighted by Gasteiger charge is 2.24. The van der Waals surface area contributed by atoms with E-state index in [0.717, 1.165) is 31.5 Å². The predicted molar refractivity (Wildman–Crippen MR) is 84.4 cm³/mol. The summed E-state index contributed by atoms with van der Waals surface area (Å²) < 4.78 is 0. The highest BCUT2D eigenvalue weighted by molar-refractivity contribution is 6.42. The first-order valence-electron chi connectivity index (χ1n) is 7.13. The molecule has 0 bridgehead atoms. The van der Waals surface area contributed by atoms with Crippen LogP contribution < -0.4 is 0 Å². The topological polar surface area (TPSA) is 44.1 Å². The maximum Gasteiger partial charge on any atom is 0.224 e. The highest BCUT2D eigenvalue weighted by Crippen LogP contribution is 2.28. The molecule has 3 nitrogen and oxygen atoms in total. The van der Waals surface area contributed by atoms with E-state index in [1.165, 1.54) is 0 Å². The van der Waals surface area contributed by atoms with Crippen molar-refractivity contribution in [3.05, 3.63) is 33.8 Å². The van der Waals surface area contributed by atoms with Crippen molar-refractivity contribution in [1.82, 2.24) is 4.90 Å². The van der Waals surface area contributed by atoms with E-state index >= 15 is 0 Å². The Hall–Kier alpha value is -1.24. The number of piperidine rings is 1. The van der Waals surface area contributed by atoms with Gasteiger partial charge in [-0.15, -0.1) is 0 Å². The first kappa shape index (κ1) is 16.1. The minimum Gasteiger partial charge on any atom is -0.343 e. The first-order valence-corrected chi connectivity index (χ1v) is 7.89. The van der Waals surface area contributed by atoms with Gasteiger partial charge in [0, 0.05) is 19.5 Å². The summed E-state index contributed by atoms with van der Waals surface area (Å²) in [4.78, 5) is 14.2. The molecule has 1 heterocycles. The van der Waals surface area contributed by atoms with Gasteiger partial charge in [-0.1, -0.05) is 36.2 Å². The minimum atomic E-state index is -0.480. The fourth-order valence-corrected chi connectivity index (χ4v) is 2.84. The number of nitrogens with zero attached hydrogens (tertiary/aromatic N) is 2. The number of hydrogen-bond acceptors (Lipinski definition) is 2. The standard InChI is InChI=1S/C16H18Cl2N2O/c1-11-4-6-20(7-5-11)16(21)9-13(10-19)12-2-3-14(17)15(18)8-12/h2-3,8,11,13H,4-7,9H2,1H3. The van der Waals surface area contributed by atoms with Gasteiger partial charge in [0.1, 0.15) is 0 Å². The van der Waals surface area contributed by atoms with Crippen molar-refractivity contribution in [2.75, 3.05) is 13.1 Å². The van der Waals surface area contributed by atoms with Gasteiger partial charge in [-0.2, -0.15) is 5.26 Å². The molecule has 0 saturated carbocycles. The smallest absolute Gasteiger partial charge is 0.224 e. The van der Waals surface area contributed by atoms with Crippen LogP contribution in [-0.4, -0.2) is 23.9 Å². The average molecular weight is 325 g/mol. The Bertz CT molecular complexity index is 560. The molecule has 0 aromatic heterocycles. The summed E-state index contributed by atoms with van der Waals surface area (Å²) in [6.07, 6.45) is 2.27. The Morgan fingerprint density at radius 2 is 2.05 bits per heavy atom. The molecule has 21 heavy (non-hydrogen) atoms. The second-order valence-electron chi connectivity index (χ2n) is 5.62. The molecule has 0 N–H and O–H groups in total. The van der Waals surface area contributed by atoms with Gasteiger partial charge in [-0.25, -0.2) is 0 Å². The Morgan fingerprint density at radius 3 is 2.62 bits per heavy atom. The normalized spacial score (nSPS) is 17.3. The molecule has 1 saturated heterocycles. The van der Waals surface area contributed by atoms with Crippen LogP contribution in [0.5, 0.6) is 0 Å². The summed E-state index contributed by atoms with van der Waals surface area (Å²) >= 11 is 11.9. The zero-order chi connectivity index (χ0) is 15.4. The Labute approximate surface area is 135 Å². The minimum absolute atomic E-state index is 0.0412. The van der Waals surface area contributed by atoms with Crippen LogP contribution in [-0.2, 0) is 4.79 Å². The zero-order valence-corrected chi connectivity index (χ0v) is 13.5. The van der Waals surface area contributed by atoms with E-state index in [9.17, 15) is 10.1 Å². The molecule has 1 unspecified atom stereocenters. The van der Waals surface area contributed by atoms with Crippen molar-refractivity contribution in [3.63, 3.8) is 0 Å². The van der Waals surface area contributed by atoms with E-state index in [0.29, 0.717) is 16.0 Å². The lowest BCUT2D eigenvalue weighted by Crippen LogP contribution is -2.38. The number of halogens is 2. The molecule has 1 aromatic carbocycles. The molecule has 1 atom stereocenters. The monoisotopic (exact) mass is 324 g/mol. The fourth-order valence-electron chi connectivity index (χ4n) is 2.53. The summed E-state index contributed by atoms with van der Waals surface area (Å²) in [5, 5.41) is 10.2. The summed E-state index contributed by atoms with van der Waals surface area (Å²) in [5.74, 6) is 0.238. The van der Waals surface area contributed by atoms with E-state index in [1.807, 2.05) is 4.90 Å². The van der Waals surface area contributed by atoms with Crippen LogP contribution in [0.4, 0.5) is 0 Å². The van der Waals surface area contributed by atoms with Crippen molar-refractivity contribution in [3.8, 4) is 6.07 Å². The van der Waals surface area contributed by atoms with E-state index in [-0.39, 0.29) is 12.3 Å². The molecule has 0 aliphatic carbocycles. The average Bonchev–Trinajstić information content (AvgIpc) is 2.48. The molecule has 112 valence electrons. The third kappa shape index (κ3) is 4.12. The molecule has 1 fully saturated rings. The molecule has 1 aliphatic heterocycles. The Morgan fingerprint density at radius 1 is 1.38 bits per heavy atom. The van der Waals surface area contributed by atoms with Crippen LogP contribution in [0.3, 0.4) is 0 Å². The van der Waals surface area contributed by atoms with Crippen molar-refractivity contribution < 1.29 is 4.79 Å². The van der Waals surface area contributed by atoms with Crippen molar-refractivity contribution >= 4 is 29.1 Å². The lowest BCUT2D eigenvalue weighted by molar-refractivity contribution is -0.132. The molecule has 1 aliphatic rings. The van der Waals surface area contributed by atoms with Gasteiger partial charge in [-0.05, 0) is 36.5 Å². The number of rotatable bonds is 3. The van der Waals surface area contributed by atoms with Crippen LogP contribution in [0, 0.1) is 17.2 Å². The molecular formula is C16H18Cl2N2O. The highest BCUT2D eigenvalue weighted by atomic mass is 35.5. The molecule has 2 rings (SSSR count). The number of nitriles is 1. The van der Waals surface area contributed by atoms with Crippen molar-refractivity contribution in [1.29, 1.82) is 5.26 Å². The maximum atomic E-state index is 12.3. The van der Waals surface area contributed by atoms with Crippen LogP contribution in [0.2, 0.25) is 10.0 Å². The fraction of sp³-hybridized carbons (Fsp3) is 0.500. The second-order valence-corrected chi connectivity index (χ2v) is 6.44. The number of carbonyl (C=O) groups is 1. The predicted octanol–water partition coefficient (Wildman–Crippen LogP) is 4.25. The summed E-state index contributed by atoms with van der Waals surface area (Å²) in [5.41, 5.74) is 0.741. The number of amides is 1. The van der Waals surface area contributed by atoms with Gasteiger partial charge in [0.25, 0.3) is 0 Å².